The van der Waals surface area contributed by atoms with Gasteiger partial charge in [-0.25, -0.2) is 0 Å². The Hall–Kier alpha value is -2.20. The predicted molar refractivity (Wildman–Crippen MR) is 81.0 cm³/mol. The summed E-state index contributed by atoms with van der Waals surface area (Å²) in [7, 11) is 1.32. The number of carbonyl (C=O) groups excluding carboxylic acids is 4. The summed E-state index contributed by atoms with van der Waals surface area (Å²) < 4.78 is 26.1. The molecule has 10 heteroatoms. The molecule has 1 heterocycles. The molecule has 0 aromatic carbocycles. The number of hydrogen-bond acceptors (Lipinski definition) is 9. The standard InChI is InChI=1S/C15H23NO9/c1-7(17)16-12-13(23-9(3)19)11(6-22-8(2)18)25-15(21-5)14(12)24-10(4)20/h11-15H,6H2,1-5H3,(H,16,17)/t11-,12?,13-,14-,15-/m1/s1. The van der Waals surface area contributed by atoms with E-state index in [0.29, 0.717) is 0 Å². The molecule has 0 spiro atoms. The maximum Gasteiger partial charge on any atom is 0.303 e. The van der Waals surface area contributed by atoms with E-state index < -0.39 is 54.5 Å². The van der Waals surface area contributed by atoms with Gasteiger partial charge in [0.05, 0.1) is 0 Å². The van der Waals surface area contributed by atoms with Crippen LogP contribution >= 0.6 is 0 Å². The number of esters is 3. The van der Waals surface area contributed by atoms with Gasteiger partial charge in [-0.2, -0.15) is 0 Å². The number of ether oxygens (including phenoxy) is 5. The van der Waals surface area contributed by atoms with E-state index in [1.807, 2.05) is 0 Å². The first-order valence-electron chi connectivity index (χ1n) is 7.58. The molecule has 1 aliphatic heterocycles. The molecule has 1 amide bonds. The Morgan fingerprint density at radius 3 is 1.92 bits per heavy atom. The average molecular weight is 361 g/mol. The number of nitrogens with one attached hydrogen (secondary N) is 1. The van der Waals surface area contributed by atoms with Gasteiger partial charge in [-0.15, -0.1) is 0 Å². The van der Waals surface area contributed by atoms with Crippen LogP contribution in [0.25, 0.3) is 0 Å². The van der Waals surface area contributed by atoms with Gasteiger partial charge in [0, 0.05) is 34.8 Å². The summed E-state index contributed by atoms with van der Waals surface area (Å²) in [5, 5.41) is 2.58. The smallest absolute Gasteiger partial charge is 0.303 e. The van der Waals surface area contributed by atoms with E-state index in [4.69, 9.17) is 23.7 Å². The van der Waals surface area contributed by atoms with Crippen LogP contribution in [0.2, 0.25) is 0 Å². The second-order valence-corrected chi connectivity index (χ2v) is 5.46. The van der Waals surface area contributed by atoms with E-state index in [2.05, 4.69) is 5.32 Å². The van der Waals surface area contributed by atoms with Crippen LogP contribution in [0, 0.1) is 0 Å². The highest BCUT2D eigenvalue weighted by Gasteiger charge is 2.50. The highest BCUT2D eigenvalue weighted by atomic mass is 16.7. The number of amides is 1. The maximum absolute atomic E-state index is 11.6. The van der Waals surface area contributed by atoms with Crippen LogP contribution in [-0.4, -0.2) is 68.2 Å². The summed E-state index contributed by atoms with van der Waals surface area (Å²) in [6, 6.07) is -0.954. The van der Waals surface area contributed by atoms with Gasteiger partial charge in [-0.05, 0) is 0 Å². The van der Waals surface area contributed by atoms with Crippen molar-refractivity contribution in [3.8, 4) is 0 Å². The molecule has 5 atom stereocenters. The molecular weight excluding hydrogens is 338 g/mol. The van der Waals surface area contributed by atoms with Gasteiger partial charge < -0.3 is 29.0 Å². The van der Waals surface area contributed by atoms with E-state index in [0.717, 1.165) is 0 Å². The fraction of sp³-hybridized carbons (Fsp3) is 0.733. The molecule has 1 unspecified atom stereocenters. The quantitative estimate of drug-likeness (QED) is 0.482. The molecule has 0 aromatic rings. The molecular formula is C15H23NO9. The van der Waals surface area contributed by atoms with Crippen LogP contribution in [0.1, 0.15) is 27.7 Å². The molecule has 142 valence electrons. The lowest BCUT2D eigenvalue weighted by molar-refractivity contribution is -0.279. The summed E-state index contributed by atoms with van der Waals surface area (Å²) in [6.07, 6.45) is -4.12. The Morgan fingerprint density at radius 1 is 0.920 bits per heavy atom. The van der Waals surface area contributed by atoms with Crippen LogP contribution in [0.3, 0.4) is 0 Å². The number of rotatable bonds is 6. The van der Waals surface area contributed by atoms with Crippen molar-refractivity contribution in [2.45, 2.75) is 58.3 Å². The molecule has 0 aliphatic carbocycles. The van der Waals surface area contributed by atoms with Gasteiger partial charge in [0.1, 0.15) is 18.8 Å². The van der Waals surface area contributed by atoms with Gasteiger partial charge in [0.25, 0.3) is 0 Å². The first kappa shape index (κ1) is 20.8. The first-order chi connectivity index (χ1) is 11.6. The van der Waals surface area contributed by atoms with E-state index >= 15 is 0 Å². The molecule has 1 fully saturated rings. The highest BCUT2D eigenvalue weighted by Crippen LogP contribution is 2.27. The van der Waals surface area contributed by atoms with Crippen LogP contribution in [0.15, 0.2) is 0 Å². The Morgan fingerprint density at radius 2 is 1.48 bits per heavy atom. The van der Waals surface area contributed by atoms with Crippen molar-refractivity contribution >= 4 is 23.8 Å². The Bertz CT molecular complexity index is 521. The lowest BCUT2D eigenvalue weighted by Gasteiger charge is -2.44. The molecule has 1 N–H and O–H groups in total. The van der Waals surface area contributed by atoms with E-state index in [1.165, 1.54) is 34.8 Å². The molecule has 0 aromatic heterocycles. The summed E-state index contributed by atoms with van der Waals surface area (Å²) in [6.45, 7) is 4.59. The van der Waals surface area contributed by atoms with Gasteiger partial charge in [-0.1, -0.05) is 0 Å². The van der Waals surface area contributed by atoms with E-state index in [1.54, 1.807) is 0 Å². The topological polar surface area (TPSA) is 126 Å². The highest BCUT2D eigenvalue weighted by molar-refractivity contribution is 5.74. The molecule has 1 aliphatic rings. The number of hydrogen-bond donors (Lipinski definition) is 1. The summed E-state index contributed by atoms with van der Waals surface area (Å²) >= 11 is 0. The lowest BCUT2D eigenvalue weighted by Crippen LogP contribution is -2.66. The fourth-order valence-electron chi connectivity index (χ4n) is 2.50. The predicted octanol–water partition coefficient (Wildman–Crippen LogP) is -0.711. The third kappa shape index (κ3) is 6.31. The van der Waals surface area contributed by atoms with Crippen molar-refractivity contribution in [2.24, 2.45) is 0 Å². The summed E-state index contributed by atoms with van der Waals surface area (Å²) in [5.74, 6) is -2.28. The maximum atomic E-state index is 11.6. The number of carbonyl (C=O) groups is 4. The summed E-state index contributed by atoms with van der Waals surface area (Å²) in [5.41, 5.74) is 0. The van der Waals surface area contributed by atoms with Crippen molar-refractivity contribution in [1.82, 2.24) is 5.32 Å². The third-order valence-corrected chi connectivity index (χ3v) is 3.31. The van der Waals surface area contributed by atoms with Crippen molar-refractivity contribution in [3.63, 3.8) is 0 Å². The van der Waals surface area contributed by atoms with Crippen molar-refractivity contribution in [1.29, 1.82) is 0 Å². The van der Waals surface area contributed by atoms with Crippen LogP contribution in [-0.2, 0) is 42.9 Å². The minimum Gasteiger partial charge on any atom is -0.463 e. The van der Waals surface area contributed by atoms with Crippen LogP contribution < -0.4 is 5.32 Å². The summed E-state index contributed by atoms with van der Waals surface area (Å²) in [4.78, 5) is 45.5. The Kier molecular flexibility index (Phi) is 7.78. The average Bonchev–Trinajstić information content (AvgIpc) is 2.48. The number of methoxy groups -OCH3 is 1. The molecule has 1 rings (SSSR count). The molecule has 0 saturated carbocycles. The molecule has 1 saturated heterocycles. The minimum absolute atomic E-state index is 0.240. The van der Waals surface area contributed by atoms with Gasteiger partial charge in [0.2, 0.25) is 5.91 Å². The SMILES string of the molecule is CO[C@@H]1O[C@H](COC(C)=O)[C@@H](OC(C)=O)C(NC(C)=O)[C@H]1OC(C)=O. The Labute approximate surface area is 145 Å². The van der Waals surface area contributed by atoms with Crippen LogP contribution in [0.5, 0.6) is 0 Å². The minimum atomic E-state index is -1.07. The Balaban J connectivity index is 3.18. The van der Waals surface area contributed by atoms with Gasteiger partial charge in [0.15, 0.2) is 18.5 Å². The monoisotopic (exact) mass is 361 g/mol. The zero-order chi connectivity index (χ0) is 19.1. The zero-order valence-corrected chi connectivity index (χ0v) is 14.8. The normalized spacial score (nSPS) is 28.6. The second kappa shape index (κ2) is 9.33. The van der Waals surface area contributed by atoms with Crippen molar-refractivity contribution < 1.29 is 42.9 Å². The molecule has 10 nitrogen and oxygen atoms in total. The van der Waals surface area contributed by atoms with Crippen LogP contribution in [0.4, 0.5) is 0 Å². The third-order valence-electron chi connectivity index (χ3n) is 3.31. The van der Waals surface area contributed by atoms with Gasteiger partial charge in [-0.3, -0.25) is 19.2 Å². The lowest BCUT2D eigenvalue weighted by atomic mass is 9.95. The fourth-order valence-corrected chi connectivity index (χ4v) is 2.50. The first-order valence-corrected chi connectivity index (χ1v) is 7.58. The van der Waals surface area contributed by atoms with E-state index in [9.17, 15) is 19.2 Å². The zero-order valence-electron chi connectivity index (χ0n) is 14.8. The second-order valence-electron chi connectivity index (χ2n) is 5.46. The van der Waals surface area contributed by atoms with E-state index in [-0.39, 0.29) is 6.61 Å². The van der Waals surface area contributed by atoms with Crippen molar-refractivity contribution in [2.75, 3.05) is 13.7 Å². The molecule has 0 bridgehead atoms. The molecule has 25 heavy (non-hydrogen) atoms. The largest absolute Gasteiger partial charge is 0.463 e. The van der Waals surface area contributed by atoms with Gasteiger partial charge >= 0.3 is 17.9 Å². The van der Waals surface area contributed by atoms with Crippen molar-refractivity contribution in [3.05, 3.63) is 0 Å². The molecule has 0 radical (unpaired) electrons.